The standard InChI is InChI=1S/C15H22N2O2/c1-12-10-14(8-9-17(12)2)16-15(18)19-11-13-6-4-3-5-7-13/h3-7,12,14H,8-11H2,1-2H3,(H,16,18)/t12-,14+/m0/s1. The zero-order valence-corrected chi connectivity index (χ0v) is 11.6. The highest BCUT2D eigenvalue weighted by atomic mass is 16.5. The topological polar surface area (TPSA) is 41.6 Å². The molecule has 1 fully saturated rings. The number of hydrogen-bond acceptors (Lipinski definition) is 3. The van der Waals surface area contributed by atoms with Crippen molar-refractivity contribution in [2.45, 2.75) is 38.5 Å². The van der Waals surface area contributed by atoms with Crippen LogP contribution >= 0.6 is 0 Å². The van der Waals surface area contributed by atoms with Crippen molar-refractivity contribution in [3.8, 4) is 0 Å². The number of rotatable bonds is 3. The van der Waals surface area contributed by atoms with Gasteiger partial charge in [-0.1, -0.05) is 30.3 Å². The molecule has 1 heterocycles. The van der Waals surface area contributed by atoms with Gasteiger partial charge in [0, 0.05) is 18.6 Å². The number of alkyl carbamates (subject to hydrolysis) is 1. The van der Waals surface area contributed by atoms with E-state index in [1.807, 2.05) is 30.3 Å². The summed E-state index contributed by atoms with van der Waals surface area (Å²) in [4.78, 5) is 14.0. The minimum Gasteiger partial charge on any atom is -0.445 e. The van der Waals surface area contributed by atoms with Crippen molar-refractivity contribution in [1.82, 2.24) is 10.2 Å². The van der Waals surface area contributed by atoms with E-state index in [9.17, 15) is 4.79 Å². The van der Waals surface area contributed by atoms with E-state index in [4.69, 9.17) is 4.74 Å². The van der Waals surface area contributed by atoms with E-state index in [2.05, 4.69) is 24.2 Å². The van der Waals surface area contributed by atoms with Crippen LogP contribution in [0.1, 0.15) is 25.3 Å². The molecule has 1 aromatic rings. The number of benzene rings is 1. The van der Waals surface area contributed by atoms with Crippen LogP contribution in [0.4, 0.5) is 4.79 Å². The molecule has 1 aliphatic heterocycles. The second kappa shape index (κ2) is 6.57. The summed E-state index contributed by atoms with van der Waals surface area (Å²) in [5, 5.41) is 2.95. The average molecular weight is 262 g/mol. The third kappa shape index (κ3) is 4.24. The summed E-state index contributed by atoms with van der Waals surface area (Å²) in [7, 11) is 2.12. The Labute approximate surface area is 114 Å². The van der Waals surface area contributed by atoms with Gasteiger partial charge in [0.05, 0.1) is 0 Å². The van der Waals surface area contributed by atoms with Crippen molar-refractivity contribution in [2.24, 2.45) is 0 Å². The summed E-state index contributed by atoms with van der Waals surface area (Å²) in [5.74, 6) is 0. The number of likely N-dealkylation sites (tertiary alicyclic amines) is 1. The molecule has 1 aliphatic rings. The Morgan fingerprint density at radius 2 is 2.16 bits per heavy atom. The summed E-state index contributed by atoms with van der Waals surface area (Å²) in [6.45, 7) is 3.53. The molecule has 0 bridgehead atoms. The van der Waals surface area contributed by atoms with Crippen molar-refractivity contribution in [2.75, 3.05) is 13.6 Å². The van der Waals surface area contributed by atoms with E-state index in [1.165, 1.54) is 0 Å². The molecule has 104 valence electrons. The second-order valence-corrected chi connectivity index (χ2v) is 5.26. The van der Waals surface area contributed by atoms with E-state index >= 15 is 0 Å². The van der Waals surface area contributed by atoms with Crippen LogP contribution < -0.4 is 5.32 Å². The van der Waals surface area contributed by atoms with Gasteiger partial charge in [0.25, 0.3) is 0 Å². The highest BCUT2D eigenvalue weighted by Crippen LogP contribution is 2.15. The normalized spacial score (nSPS) is 23.9. The zero-order valence-electron chi connectivity index (χ0n) is 11.6. The maximum Gasteiger partial charge on any atom is 0.407 e. The molecule has 4 heteroatoms. The lowest BCUT2D eigenvalue weighted by Gasteiger charge is -2.35. The molecule has 0 spiro atoms. The van der Waals surface area contributed by atoms with Crippen LogP contribution in [-0.4, -0.2) is 36.7 Å². The first kappa shape index (κ1) is 13.9. The first-order chi connectivity index (χ1) is 9.15. The third-order valence-electron chi connectivity index (χ3n) is 3.74. The summed E-state index contributed by atoms with van der Waals surface area (Å²) in [6.07, 6.45) is 1.66. The predicted molar refractivity (Wildman–Crippen MR) is 74.9 cm³/mol. The molecule has 0 aromatic heterocycles. The number of amides is 1. The first-order valence-electron chi connectivity index (χ1n) is 6.82. The molecule has 0 unspecified atom stereocenters. The van der Waals surface area contributed by atoms with Crippen molar-refractivity contribution >= 4 is 6.09 Å². The minimum atomic E-state index is -0.314. The smallest absolute Gasteiger partial charge is 0.407 e. The van der Waals surface area contributed by atoms with Crippen LogP contribution in [-0.2, 0) is 11.3 Å². The fourth-order valence-corrected chi connectivity index (χ4v) is 2.35. The van der Waals surface area contributed by atoms with Gasteiger partial charge < -0.3 is 15.0 Å². The van der Waals surface area contributed by atoms with Gasteiger partial charge in [-0.25, -0.2) is 4.79 Å². The van der Waals surface area contributed by atoms with Gasteiger partial charge in [-0.3, -0.25) is 0 Å². The predicted octanol–water partition coefficient (Wildman–Crippen LogP) is 2.40. The van der Waals surface area contributed by atoms with Crippen LogP contribution in [0.25, 0.3) is 0 Å². The number of carbonyl (C=O) groups is 1. The lowest BCUT2D eigenvalue weighted by molar-refractivity contribution is 0.120. The Hall–Kier alpha value is -1.55. The number of nitrogens with one attached hydrogen (secondary N) is 1. The third-order valence-corrected chi connectivity index (χ3v) is 3.74. The average Bonchev–Trinajstić information content (AvgIpc) is 2.42. The highest BCUT2D eigenvalue weighted by Gasteiger charge is 2.24. The lowest BCUT2D eigenvalue weighted by atomic mass is 9.99. The van der Waals surface area contributed by atoms with Crippen molar-refractivity contribution < 1.29 is 9.53 Å². The van der Waals surface area contributed by atoms with Crippen molar-refractivity contribution in [3.05, 3.63) is 35.9 Å². The minimum absolute atomic E-state index is 0.231. The molecule has 0 radical (unpaired) electrons. The molecule has 0 aliphatic carbocycles. The van der Waals surface area contributed by atoms with Crippen LogP contribution in [0.2, 0.25) is 0 Å². The first-order valence-corrected chi connectivity index (χ1v) is 6.82. The number of piperidine rings is 1. The van der Waals surface area contributed by atoms with E-state index in [0.717, 1.165) is 24.9 Å². The molecule has 1 amide bonds. The van der Waals surface area contributed by atoms with E-state index in [1.54, 1.807) is 0 Å². The molecule has 19 heavy (non-hydrogen) atoms. The van der Waals surface area contributed by atoms with Crippen molar-refractivity contribution in [1.29, 1.82) is 0 Å². The molecule has 2 atom stereocenters. The summed E-state index contributed by atoms with van der Waals surface area (Å²) in [5.41, 5.74) is 1.01. The number of nitrogens with zero attached hydrogens (tertiary/aromatic N) is 1. The Morgan fingerprint density at radius 3 is 2.84 bits per heavy atom. The molecule has 4 nitrogen and oxygen atoms in total. The summed E-state index contributed by atoms with van der Waals surface area (Å²) in [6, 6.07) is 10.5. The van der Waals surface area contributed by atoms with Gasteiger partial charge in [-0.15, -0.1) is 0 Å². The highest BCUT2D eigenvalue weighted by molar-refractivity contribution is 5.67. The molecular formula is C15H22N2O2. The molecule has 1 N–H and O–H groups in total. The van der Waals surface area contributed by atoms with Crippen molar-refractivity contribution in [3.63, 3.8) is 0 Å². The van der Waals surface area contributed by atoms with Crippen LogP contribution in [0, 0.1) is 0 Å². The Morgan fingerprint density at radius 1 is 1.42 bits per heavy atom. The van der Waals surface area contributed by atoms with Gasteiger partial charge >= 0.3 is 6.09 Å². The maximum atomic E-state index is 11.7. The van der Waals surface area contributed by atoms with Gasteiger partial charge in [0.2, 0.25) is 0 Å². The number of ether oxygens (including phenoxy) is 1. The van der Waals surface area contributed by atoms with Gasteiger partial charge in [0.15, 0.2) is 0 Å². The van der Waals surface area contributed by atoms with E-state index in [0.29, 0.717) is 12.6 Å². The largest absolute Gasteiger partial charge is 0.445 e. The quantitative estimate of drug-likeness (QED) is 0.909. The zero-order chi connectivity index (χ0) is 13.7. The lowest BCUT2D eigenvalue weighted by Crippen LogP contribution is -2.47. The van der Waals surface area contributed by atoms with Gasteiger partial charge in [0.1, 0.15) is 6.61 Å². The van der Waals surface area contributed by atoms with E-state index in [-0.39, 0.29) is 12.1 Å². The second-order valence-electron chi connectivity index (χ2n) is 5.26. The van der Waals surface area contributed by atoms with Gasteiger partial charge in [-0.05, 0) is 32.4 Å². The Balaban J connectivity index is 1.73. The fraction of sp³-hybridized carbons (Fsp3) is 0.533. The summed E-state index contributed by atoms with van der Waals surface area (Å²) >= 11 is 0. The molecule has 0 saturated carbocycles. The Kier molecular flexibility index (Phi) is 4.80. The van der Waals surface area contributed by atoms with Crippen LogP contribution in [0.15, 0.2) is 30.3 Å². The SMILES string of the molecule is C[C@H]1C[C@H](NC(=O)OCc2ccccc2)CCN1C. The molecule has 2 rings (SSSR count). The van der Waals surface area contributed by atoms with E-state index < -0.39 is 0 Å². The molecule has 1 aromatic carbocycles. The Bertz CT molecular complexity index is 408. The fourth-order valence-electron chi connectivity index (χ4n) is 2.35. The summed E-state index contributed by atoms with van der Waals surface area (Å²) < 4.78 is 5.23. The maximum absolute atomic E-state index is 11.7. The van der Waals surface area contributed by atoms with Crippen LogP contribution in [0.3, 0.4) is 0 Å². The van der Waals surface area contributed by atoms with Gasteiger partial charge in [-0.2, -0.15) is 0 Å². The van der Waals surface area contributed by atoms with Crippen LogP contribution in [0.5, 0.6) is 0 Å². The monoisotopic (exact) mass is 262 g/mol. The number of carbonyl (C=O) groups excluding carboxylic acids is 1. The molecule has 1 saturated heterocycles. The molecular weight excluding hydrogens is 240 g/mol. The number of hydrogen-bond donors (Lipinski definition) is 1.